The van der Waals surface area contributed by atoms with Crippen LogP contribution in [0.25, 0.3) is 10.9 Å². The number of fused-ring (bicyclic) bond motifs is 1. The zero-order valence-electron chi connectivity index (χ0n) is 11.3. The Morgan fingerprint density at radius 1 is 1.05 bits per heavy atom. The van der Waals surface area contributed by atoms with Crippen LogP contribution in [0, 0.1) is 5.82 Å². The summed E-state index contributed by atoms with van der Waals surface area (Å²) in [6.45, 7) is 0. The molecule has 104 valence electrons. The van der Waals surface area contributed by atoms with Gasteiger partial charge in [-0.05, 0) is 23.8 Å². The zero-order chi connectivity index (χ0) is 14.7. The Morgan fingerprint density at radius 3 is 2.62 bits per heavy atom. The van der Waals surface area contributed by atoms with Gasteiger partial charge in [0.15, 0.2) is 0 Å². The number of hydrazone groups is 1. The van der Waals surface area contributed by atoms with E-state index in [0.29, 0.717) is 17.7 Å². The van der Waals surface area contributed by atoms with E-state index in [1.54, 1.807) is 24.4 Å². The van der Waals surface area contributed by atoms with E-state index >= 15 is 0 Å². The van der Waals surface area contributed by atoms with Crippen molar-refractivity contribution in [1.29, 1.82) is 0 Å². The van der Waals surface area contributed by atoms with Gasteiger partial charge in [0.25, 0.3) is 0 Å². The van der Waals surface area contributed by atoms with Gasteiger partial charge in [0.2, 0.25) is 0 Å². The summed E-state index contributed by atoms with van der Waals surface area (Å²) in [6.07, 6.45) is 2.20. The first-order chi connectivity index (χ1) is 10.3. The van der Waals surface area contributed by atoms with E-state index in [1.165, 1.54) is 6.07 Å². The number of benzene rings is 2. The number of pyridine rings is 1. The third-order valence-corrected chi connectivity index (χ3v) is 3.44. The summed E-state index contributed by atoms with van der Waals surface area (Å²) >= 11 is 0. The standard InChI is InChI=1S/C17H14FN3/c18-15-7-3-1-6-14(15)17(21-19)11-12-9-10-20-16-8-4-2-5-13(12)16/h1-10H,11,19H2. The van der Waals surface area contributed by atoms with Crippen LogP contribution in [0.15, 0.2) is 65.9 Å². The fourth-order valence-corrected chi connectivity index (χ4v) is 2.40. The number of halogens is 1. The predicted octanol–water partition coefficient (Wildman–Crippen LogP) is 3.28. The third-order valence-electron chi connectivity index (χ3n) is 3.44. The zero-order valence-corrected chi connectivity index (χ0v) is 11.3. The van der Waals surface area contributed by atoms with Crippen LogP contribution in [0.4, 0.5) is 4.39 Å². The lowest BCUT2D eigenvalue weighted by atomic mass is 9.99. The molecule has 3 nitrogen and oxygen atoms in total. The molecule has 0 aliphatic carbocycles. The van der Waals surface area contributed by atoms with E-state index in [1.807, 2.05) is 30.3 Å². The van der Waals surface area contributed by atoms with Crippen molar-refractivity contribution in [1.82, 2.24) is 4.98 Å². The molecule has 0 bridgehead atoms. The molecule has 2 N–H and O–H groups in total. The molecule has 0 saturated heterocycles. The van der Waals surface area contributed by atoms with E-state index in [-0.39, 0.29) is 5.82 Å². The molecule has 0 unspecified atom stereocenters. The highest BCUT2D eigenvalue weighted by Gasteiger charge is 2.11. The smallest absolute Gasteiger partial charge is 0.132 e. The number of aromatic nitrogens is 1. The Kier molecular flexibility index (Phi) is 3.60. The third kappa shape index (κ3) is 2.60. The molecule has 0 fully saturated rings. The Hall–Kier alpha value is -2.75. The van der Waals surface area contributed by atoms with Crippen molar-refractivity contribution in [3.63, 3.8) is 0 Å². The van der Waals surface area contributed by atoms with E-state index in [0.717, 1.165) is 16.5 Å². The molecular formula is C17H14FN3. The second-order valence-corrected chi connectivity index (χ2v) is 4.72. The maximum absolute atomic E-state index is 13.9. The highest BCUT2D eigenvalue weighted by Crippen LogP contribution is 2.19. The average Bonchev–Trinajstić information content (AvgIpc) is 2.53. The van der Waals surface area contributed by atoms with Gasteiger partial charge in [-0.15, -0.1) is 0 Å². The van der Waals surface area contributed by atoms with E-state index < -0.39 is 0 Å². The van der Waals surface area contributed by atoms with Crippen LogP contribution in [0.5, 0.6) is 0 Å². The minimum absolute atomic E-state index is 0.319. The average molecular weight is 279 g/mol. The summed E-state index contributed by atoms with van der Waals surface area (Å²) in [5.41, 5.74) is 2.87. The first-order valence-electron chi connectivity index (χ1n) is 6.64. The molecule has 1 aromatic heterocycles. The van der Waals surface area contributed by atoms with Crippen LogP contribution in [-0.4, -0.2) is 10.7 Å². The molecule has 1 heterocycles. The molecule has 2 aromatic carbocycles. The number of hydrogen-bond donors (Lipinski definition) is 1. The Balaban J connectivity index is 2.03. The van der Waals surface area contributed by atoms with Gasteiger partial charge < -0.3 is 5.84 Å². The van der Waals surface area contributed by atoms with E-state index in [2.05, 4.69) is 10.1 Å². The van der Waals surface area contributed by atoms with Crippen LogP contribution in [-0.2, 0) is 6.42 Å². The van der Waals surface area contributed by atoms with Gasteiger partial charge >= 0.3 is 0 Å². The number of nitrogens with zero attached hydrogens (tertiary/aromatic N) is 2. The van der Waals surface area contributed by atoms with Crippen LogP contribution in [0.2, 0.25) is 0 Å². The predicted molar refractivity (Wildman–Crippen MR) is 82.6 cm³/mol. The molecule has 0 spiro atoms. The summed E-state index contributed by atoms with van der Waals surface area (Å²) in [7, 11) is 0. The molecule has 0 amide bonds. The first-order valence-corrected chi connectivity index (χ1v) is 6.64. The molecule has 0 radical (unpaired) electrons. The molecule has 0 saturated carbocycles. The molecule has 3 rings (SSSR count). The van der Waals surface area contributed by atoms with Gasteiger partial charge in [0, 0.05) is 23.6 Å². The van der Waals surface area contributed by atoms with E-state index in [9.17, 15) is 4.39 Å². The number of rotatable bonds is 3. The van der Waals surface area contributed by atoms with Gasteiger partial charge in [-0.3, -0.25) is 4.98 Å². The molecular weight excluding hydrogens is 265 g/mol. The molecule has 4 heteroatoms. The van der Waals surface area contributed by atoms with Crippen LogP contribution in [0.1, 0.15) is 11.1 Å². The van der Waals surface area contributed by atoms with Crippen molar-refractivity contribution in [2.75, 3.05) is 0 Å². The largest absolute Gasteiger partial charge is 0.323 e. The molecule has 3 aromatic rings. The number of para-hydroxylation sites is 1. The van der Waals surface area contributed by atoms with Crippen LogP contribution in [0.3, 0.4) is 0 Å². The molecule has 0 aliphatic heterocycles. The quantitative estimate of drug-likeness (QED) is 0.454. The fraction of sp³-hybridized carbons (Fsp3) is 0.0588. The lowest BCUT2D eigenvalue weighted by molar-refractivity contribution is 0.625. The number of hydrogen-bond acceptors (Lipinski definition) is 3. The highest BCUT2D eigenvalue weighted by molar-refractivity contribution is 6.03. The molecule has 0 aliphatic rings. The van der Waals surface area contributed by atoms with Gasteiger partial charge in [0.05, 0.1) is 11.2 Å². The van der Waals surface area contributed by atoms with Crippen molar-refractivity contribution < 1.29 is 4.39 Å². The molecule has 21 heavy (non-hydrogen) atoms. The summed E-state index contributed by atoms with van der Waals surface area (Å²) in [4.78, 5) is 4.32. The van der Waals surface area contributed by atoms with Gasteiger partial charge in [-0.1, -0.05) is 36.4 Å². The second-order valence-electron chi connectivity index (χ2n) is 4.72. The van der Waals surface area contributed by atoms with Crippen molar-refractivity contribution in [3.8, 4) is 0 Å². The van der Waals surface area contributed by atoms with Gasteiger partial charge in [-0.25, -0.2) is 4.39 Å². The molecule has 0 atom stereocenters. The highest BCUT2D eigenvalue weighted by atomic mass is 19.1. The monoisotopic (exact) mass is 279 g/mol. The van der Waals surface area contributed by atoms with Crippen LogP contribution >= 0.6 is 0 Å². The first kappa shape index (κ1) is 13.2. The SMILES string of the molecule is NN=C(Cc1ccnc2ccccc12)c1ccccc1F. The normalized spacial score (nSPS) is 11.8. The van der Waals surface area contributed by atoms with Crippen LogP contribution < -0.4 is 5.84 Å². The Bertz CT molecular complexity index is 806. The van der Waals surface area contributed by atoms with Crippen molar-refractivity contribution in [2.24, 2.45) is 10.9 Å². The summed E-state index contributed by atoms with van der Waals surface area (Å²) < 4.78 is 13.9. The second kappa shape index (κ2) is 5.71. The Morgan fingerprint density at radius 2 is 1.81 bits per heavy atom. The number of nitrogens with two attached hydrogens (primary N) is 1. The Labute approximate surface area is 121 Å². The van der Waals surface area contributed by atoms with Gasteiger partial charge in [-0.2, -0.15) is 5.10 Å². The lowest BCUT2D eigenvalue weighted by Crippen LogP contribution is -2.10. The maximum atomic E-state index is 13.9. The maximum Gasteiger partial charge on any atom is 0.132 e. The topological polar surface area (TPSA) is 51.3 Å². The minimum Gasteiger partial charge on any atom is -0.323 e. The van der Waals surface area contributed by atoms with E-state index in [4.69, 9.17) is 5.84 Å². The minimum atomic E-state index is -0.319. The van der Waals surface area contributed by atoms with Crippen molar-refractivity contribution in [3.05, 3.63) is 77.7 Å². The lowest BCUT2D eigenvalue weighted by Gasteiger charge is -2.09. The fourth-order valence-electron chi connectivity index (χ4n) is 2.40. The van der Waals surface area contributed by atoms with Crippen molar-refractivity contribution in [2.45, 2.75) is 6.42 Å². The summed E-state index contributed by atoms with van der Waals surface area (Å²) in [5, 5.41) is 4.80. The van der Waals surface area contributed by atoms with Crippen molar-refractivity contribution >= 4 is 16.6 Å². The summed E-state index contributed by atoms with van der Waals surface area (Å²) in [6, 6.07) is 16.3. The summed E-state index contributed by atoms with van der Waals surface area (Å²) in [5.74, 6) is 5.15. The van der Waals surface area contributed by atoms with Gasteiger partial charge in [0.1, 0.15) is 5.82 Å².